The van der Waals surface area contributed by atoms with Gasteiger partial charge in [-0.25, -0.2) is 0 Å². The maximum atomic E-state index is 12.1. The first-order valence-corrected chi connectivity index (χ1v) is 9.04. The Morgan fingerprint density at radius 3 is 2.54 bits per heavy atom. The van der Waals surface area contributed by atoms with E-state index in [9.17, 15) is 4.79 Å². The Bertz CT molecular complexity index is 965. The lowest BCUT2D eigenvalue weighted by Gasteiger charge is -2.11. The normalized spacial score (nSPS) is 10.6. The van der Waals surface area contributed by atoms with Crippen molar-refractivity contribution in [3.05, 3.63) is 95.6 Å². The molecule has 0 unspecified atom stereocenters. The highest BCUT2D eigenvalue weighted by Gasteiger charge is 2.06. The third kappa shape index (κ3) is 5.48. The molecule has 142 valence electrons. The van der Waals surface area contributed by atoms with Crippen LogP contribution >= 0.6 is 0 Å². The van der Waals surface area contributed by atoms with Crippen molar-refractivity contribution in [1.82, 2.24) is 0 Å². The number of hydrogen-bond acceptors (Lipinski definition) is 3. The van der Waals surface area contributed by atoms with E-state index < -0.39 is 0 Å². The van der Waals surface area contributed by atoms with Gasteiger partial charge in [0, 0.05) is 11.8 Å². The molecule has 0 aromatic heterocycles. The van der Waals surface area contributed by atoms with Crippen molar-refractivity contribution in [2.24, 2.45) is 0 Å². The summed E-state index contributed by atoms with van der Waals surface area (Å²) in [6.45, 7) is 2.45. The Hall–Kier alpha value is -3.53. The first-order valence-electron chi connectivity index (χ1n) is 9.04. The highest BCUT2D eigenvalue weighted by atomic mass is 16.5. The number of amides is 1. The molecule has 0 saturated heterocycles. The number of anilines is 1. The predicted molar refractivity (Wildman–Crippen MR) is 113 cm³/mol. The number of aryl methyl sites for hydroxylation is 1. The first kappa shape index (κ1) is 19.2. The van der Waals surface area contributed by atoms with Crippen LogP contribution in [0.4, 0.5) is 5.69 Å². The van der Waals surface area contributed by atoms with Crippen LogP contribution in [0.2, 0.25) is 0 Å². The molecular formula is C24H23NO3. The maximum absolute atomic E-state index is 12.1. The van der Waals surface area contributed by atoms with Crippen LogP contribution < -0.4 is 14.8 Å². The van der Waals surface area contributed by atoms with Crippen LogP contribution in [0.25, 0.3) is 6.08 Å². The quantitative estimate of drug-likeness (QED) is 0.577. The van der Waals surface area contributed by atoms with Crippen LogP contribution in [0.1, 0.15) is 16.7 Å². The Labute approximate surface area is 165 Å². The van der Waals surface area contributed by atoms with E-state index in [1.54, 1.807) is 13.2 Å². The minimum Gasteiger partial charge on any atom is -0.493 e. The average Bonchev–Trinajstić information content (AvgIpc) is 2.71. The van der Waals surface area contributed by atoms with Crippen molar-refractivity contribution < 1.29 is 14.3 Å². The summed E-state index contributed by atoms with van der Waals surface area (Å²) in [5.74, 6) is 1.10. The number of benzene rings is 3. The standard InChI is InChI=1S/C24H23NO3/c1-18-7-6-10-21(15-18)25-24(26)14-12-19-11-13-22(23(16-19)27-2)28-17-20-8-4-3-5-9-20/h3-16H,17H2,1-2H3,(H,25,26)/b14-12+. The highest BCUT2D eigenvalue weighted by Crippen LogP contribution is 2.29. The SMILES string of the molecule is COc1cc(/C=C/C(=O)Nc2cccc(C)c2)ccc1OCc1ccccc1. The molecule has 0 fully saturated rings. The second kappa shape index (κ2) is 9.42. The molecule has 3 aromatic carbocycles. The number of methoxy groups -OCH3 is 1. The number of ether oxygens (including phenoxy) is 2. The van der Waals surface area contributed by atoms with Crippen molar-refractivity contribution in [2.45, 2.75) is 13.5 Å². The highest BCUT2D eigenvalue weighted by molar-refractivity contribution is 6.02. The second-order valence-corrected chi connectivity index (χ2v) is 6.38. The predicted octanol–water partition coefficient (Wildman–Crippen LogP) is 5.23. The fourth-order valence-electron chi connectivity index (χ4n) is 2.72. The van der Waals surface area contributed by atoms with E-state index >= 15 is 0 Å². The fraction of sp³-hybridized carbons (Fsp3) is 0.125. The summed E-state index contributed by atoms with van der Waals surface area (Å²) in [4.78, 5) is 12.1. The fourth-order valence-corrected chi connectivity index (χ4v) is 2.72. The zero-order valence-corrected chi connectivity index (χ0v) is 16.0. The van der Waals surface area contributed by atoms with E-state index in [0.717, 1.165) is 22.4 Å². The maximum Gasteiger partial charge on any atom is 0.248 e. The van der Waals surface area contributed by atoms with Crippen LogP contribution in [0, 0.1) is 6.92 Å². The summed E-state index contributed by atoms with van der Waals surface area (Å²) < 4.78 is 11.3. The molecule has 1 N–H and O–H groups in total. The molecule has 0 heterocycles. The number of carbonyl (C=O) groups excluding carboxylic acids is 1. The molecule has 4 nitrogen and oxygen atoms in total. The lowest BCUT2D eigenvalue weighted by Crippen LogP contribution is -2.07. The van der Waals surface area contributed by atoms with Crippen molar-refractivity contribution in [3.63, 3.8) is 0 Å². The van der Waals surface area contributed by atoms with Crippen molar-refractivity contribution in [1.29, 1.82) is 0 Å². The average molecular weight is 373 g/mol. The molecule has 0 spiro atoms. The van der Waals surface area contributed by atoms with Crippen LogP contribution in [0.3, 0.4) is 0 Å². The van der Waals surface area contributed by atoms with Gasteiger partial charge in [-0.15, -0.1) is 0 Å². The summed E-state index contributed by atoms with van der Waals surface area (Å²) in [5.41, 5.74) is 3.80. The van der Waals surface area contributed by atoms with Crippen LogP contribution in [0.5, 0.6) is 11.5 Å². The summed E-state index contributed by atoms with van der Waals surface area (Å²) in [6, 6.07) is 23.2. The topological polar surface area (TPSA) is 47.6 Å². The van der Waals surface area contributed by atoms with E-state index in [2.05, 4.69) is 5.32 Å². The van der Waals surface area contributed by atoms with Crippen LogP contribution in [0.15, 0.2) is 78.9 Å². The first-order chi connectivity index (χ1) is 13.6. The lowest BCUT2D eigenvalue weighted by molar-refractivity contribution is -0.111. The van der Waals surface area contributed by atoms with Gasteiger partial charge in [0.05, 0.1) is 7.11 Å². The van der Waals surface area contributed by atoms with Gasteiger partial charge < -0.3 is 14.8 Å². The molecule has 0 atom stereocenters. The Morgan fingerprint density at radius 1 is 0.964 bits per heavy atom. The number of carbonyl (C=O) groups is 1. The van der Waals surface area contributed by atoms with Crippen molar-refractivity contribution >= 4 is 17.7 Å². The van der Waals surface area contributed by atoms with E-state index in [4.69, 9.17) is 9.47 Å². The third-order valence-electron chi connectivity index (χ3n) is 4.14. The van der Waals surface area contributed by atoms with Gasteiger partial charge in [0.2, 0.25) is 5.91 Å². The molecule has 3 rings (SSSR count). The minimum absolute atomic E-state index is 0.186. The zero-order chi connectivity index (χ0) is 19.8. The molecule has 0 aliphatic heterocycles. The smallest absolute Gasteiger partial charge is 0.248 e. The van der Waals surface area contributed by atoms with Gasteiger partial charge >= 0.3 is 0 Å². The van der Waals surface area contributed by atoms with E-state index in [1.807, 2.05) is 79.7 Å². The van der Waals surface area contributed by atoms with Gasteiger partial charge in [-0.05, 0) is 54.0 Å². The number of hydrogen-bond donors (Lipinski definition) is 1. The molecule has 1 amide bonds. The van der Waals surface area contributed by atoms with Gasteiger partial charge in [-0.1, -0.05) is 48.5 Å². The molecule has 0 aliphatic carbocycles. The molecule has 0 aliphatic rings. The summed E-state index contributed by atoms with van der Waals surface area (Å²) in [7, 11) is 1.60. The van der Waals surface area contributed by atoms with Crippen molar-refractivity contribution in [2.75, 3.05) is 12.4 Å². The van der Waals surface area contributed by atoms with Gasteiger partial charge in [0.25, 0.3) is 0 Å². The molecule has 4 heteroatoms. The van der Waals surface area contributed by atoms with Gasteiger partial charge in [-0.3, -0.25) is 4.79 Å². The minimum atomic E-state index is -0.186. The van der Waals surface area contributed by atoms with E-state index in [1.165, 1.54) is 6.08 Å². The number of rotatable bonds is 7. The van der Waals surface area contributed by atoms with E-state index in [-0.39, 0.29) is 5.91 Å². The van der Waals surface area contributed by atoms with Gasteiger partial charge in [0.1, 0.15) is 6.61 Å². The molecule has 0 radical (unpaired) electrons. The van der Waals surface area contributed by atoms with E-state index in [0.29, 0.717) is 18.1 Å². The number of nitrogens with one attached hydrogen (secondary N) is 1. The van der Waals surface area contributed by atoms with Crippen LogP contribution in [-0.4, -0.2) is 13.0 Å². The Morgan fingerprint density at radius 2 is 1.79 bits per heavy atom. The third-order valence-corrected chi connectivity index (χ3v) is 4.14. The molecule has 0 saturated carbocycles. The van der Waals surface area contributed by atoms with Crippen molar-refractivity contribution in [3.8, 4) is 11.5 Å². The van der Waals surface area contributed by atoms with Crippen LogP contribution in [-0.2, 0) is 11.4 Å². The van der Waals surface area contributed by atoms with Gasteiger partial charge in [0.15, 0.2) is 11.5 Å². The molecular weight excluding hydrogens is 350 g/mol. The van der Waals surface area contributed by atoms with Gasteiger partial charge in [-0.2, -0.15) is 0 Å². The molecule has 3 aromatic rings. The molecule has 0 bridgehead atoms. The largest absolute Gasteiger partial charge is 0.493 e. The lowest BCUT2D eigenvalue weighted by atomic mass is 10.1. The summed E-state index contributed by atoms with van der Waals surface area (Å²) in [5, 5.41) is 2.85. The summed E-state index contributed by atoms with van der Waals surface area (Å²) >= 11 is 0. The summed E-state index contributed by atoms with van der Waals surface area (Å²) in [6.07, 6.45) is 3.25. The monoisotopic (exact) mass is 373 g/mol. The second-order valence-electron chi connectivity index (χ2n) is 6.38. The molecule has 28 heavy (non-hydrogen) atoms. The Kier molecular flexibility index (Phi) is 6.47. The zero-order valence-electron chi connectivity index (χ0n) is 16.0. The Balaban J connectivity index is 1.64.